The number of aliphatic hydroxyl groups is 1. The van der Waals surface area contributed by atoms with E-state index in [-0.39, 0.29) is 13.2 Å². The maximum Gasteiger partial charge on any atom is 0.314 e. The fraction of sp³-hybridized carbons (Fsp3) is 0.389. The monoisotopic (exact) mass is 351 g/mol. The Morgan fingerprint density at radius 2 is 2.04 bits per heavy atom. The van der Waals surface area contributed by atoms with Gasteiger partial charge in [-0.05, 0) is 50.2 Å². The van der Waals surface area contributed by atoms with Crippen LogP contribution in [0.3, 0.4) is 0 Å². The van der Waals surface area contributed by atoms with Gasteiger partial charge in [0.05, 0.1) is 12.0 Å². The number of aliphatic hydroxyl groups excluding tert-OH is 1. The summed E-state index contributed by atoms with van der Waals surface area (Å²) in [6, 6.07) is 10.5. The summed E-state index contributed by atoms with van der Waals surface area (Å²) in [5, 5.41) is 11.2. The summed E-state index contributed by atoms with van der Waals surface area (Å²) in [5.74, 6) is 0.122. The number of aromatic amines is 1. The van der Waals surface area contributed by atoms with Gasteiger partial charge in [0.25, 0.3) is 0 Å². The van der Waals surface area contributed by atoms with Crippen LogP contribution in [-0.2, 0) is 16.0 Å². The van der Waals surface area contributed by atoms with Gasteiger partial charge in [-0.1, -0.05) is 11.6 Å². The van der Waals surface area contributed by atoms with Gasteiger partial charge in [0.2, 0.25) is 0 Å². The van der Waals surface area contributed by atoms with E-state index in [0.29, 0.717) is 17.2 Å². The van der Waals surface area contributed by atoms with Crippen molar-refractivity contribution in [2.45, 2.75) is 26.4 Å². The zero-order valence-electron chi connectivity index (χ0n) is 13.8. The molecule has 0 aliphatic carbocycles. The predicted molar refractivity (Wildman–Crippen MR) is 92.2 cm³/mol. The molecule has 0 spiro atoms. The van der Waals surface area contributed by atoms with Crippen LogP contribution in [0.15, 0.2) is 42.6 Å². The first-order valence-corrected chi connectivity index (χ1v) is 8.19. The molecule has 2 aromatic rings. The van der Waals surface area contributed by atoms with Gasteiger partial charge < -0.3 is 19.6 Å². The number of carbonyl (C=O) groups excluding carboxylic acids is 1. The second-order valence-corrected chi connectivity index (χ2v) is 6.23. The van der Waals surface area contributed by atoms with Crippen LogP contribution in [0.1, 0.15) is 19.5 Å². The SMILES string of the molecule is CCOC(=O)C(C)(Cc1ccc[nH]1)C(O)COc1ccc(Cl)cc1. The molecular formula is C18H22ClNO4. The summed E-state index contributed by atoms with van der Waals surface area (Å²) < 4.78 is 10.7. The molecule has 24 heavy (non-hydrogen) atoms. The Hall–Kier alpha value is -1.98. The first kappa shape index (κ1) is 18.4. The van der Waals surface area contributed by atoms with E-state index < -0.39 is 17.5 Å². The molecule has 0 saturated heterocycles. The van der Waals surface area contributed by atoms with Crippen molar-refractivity contribution in [3.63, 3.8) is 0 Å². The normalized spacial score (nSPS) is 14.7. The second-order valence-electron chi connectivity index (χ2n) is 5.79. The highest BCUT2D eigenvalue weighted by atomic mass is 35.5. The van der Waals surface area contributed by atoms with E-state index in [1.54, 1.807) is 44.3 Å². The van der Waals surface area contributed by atoms with Crippen LogP contribution < -0.4 is 4.74 Å². The summed E-state index contributed by atoms with van der Waals surface area (Å²) >= 11 is 5.83. The third-order valence-corrected chi connectivity index (χ3v) is 4.17. The van der Waals surface area contributed by atoms with Crippen molar-refractivity contribution < 1.29 is 19.4 Å². The molecule has 2 N–H and O–H groups in total. The van der Waals surface area contributed by atoms with Crippen LogP contribution in [-0.4, -0.2) is 35.4 Å². The van der Waals surface area contributed by atoms with Crippen LogP contribution in [0, 0.1) is 5.41 Å². The fourth-order valence-electron chi connectivity index (χ4n) is 2.39. The quantitative estimate of drug-likeness (QED) is 0.716. The van der Waals surface area contributed by atoms with Gasteiger partial charge in [0.15, 0.2) is 0 Å². The lowest BCUT2D eigenvalue weighted by atomic mass is 9.80. The first-order valence-electron chi connectivity index (χ1n) is 7.81. The van der Waals surface area contributed by atoms with Crippen molar-refractivity contribution in [3.8, 4) is 5.75 Å². The molecule has 1 aromatic heterocycles. The molecule has 2 atom stereocenters. The number of esters is 1. The molecule has 0 saturated carbocycles. The van der Waals surface area contributed by atoms with Gasteiger partial charge >= 0.3 is 5.97 Å². The van der Waals surface area contributed by atoms with Crippen molar-refractivity contribution in [1.29, 1.82) is 0 Å². The molecule has 0 bridgehead atoms. The van der Waals surface area contributed by atoms with E-state index in [9.17, 15) is 9.90 Å². The second kappa shape index (κ2) is 8.22. The standard InChI is InChI=1S/C18H22ClNO4/c1-3-23-17(22)18(2,11-14-5-4-10-20-14)16(21)12-24-15-8-6-13(19)7-9-15/h4-10,16,20-21H,3,11-12H2,1-2H3. The van der Waals surface area contributed by atoms with Gasteiger partial charge in [-0.15, -0.1) is 0 Å². The maximum absolute atomic E-state index is 12.4. The Kier molecular flexibility index (Phi) is 6.29. The van der Waals surface area contributed by atoms with E-state index in [0.717, 1.165) is 5.69 Å². The molecule has 0 amide bonds. The number of halogens is 1. The summed E-state index contributed by atoms with van der Waals surface area (Å²) in [7, 11) is 0. The Bertz CT molecular complexity index is 642. The van der Waals surface area contributed by atoms with Crippen molar-refractivity contribution in [2.75, 3.05) is 13.2 Å². The highest BCUT2D eigenvalue weighted by molar-refractivity contribution is 6.30. The van der Waals surface area contributed by atoms with Gasteiger partial charge in [-0.25, -0.2) is 0 Å². The van der Waals surface area contributed by atoms with Crippen molar-refractivity contribution >= 4 is 17.6 Å². The molecule has 0 aliphatic rings. The highest BCUT2D eigenvalue weighted by Gasteiger charge is 2.43. The third kappa shape index (κ3) is 4.52. The average molecular weight is 352 g/mol. The summed E-state index contributed by atoms with van der Waals surface area (Å²) in [6.07, 6.45) is 1.07. The van der Waals surface area contributed by atoms with E-state index in [1.807, 2.05) is 12.1 Å². The summed E-state index contributed by atoms with van der Waals surface area (Å²) in [5.41, 5.74) is -0.274. The number of hydrogen-bond acceptors (Lipinski definition) is 4. The molecule has 1 aromatic carbocycles. The molecular weight excluding hydrogens is 330 g/mol. The Balaban J connectivity index is 2.09. The topological polar surface area (TPSA) is 71.6 Å². The van der Waals surface area contributed by atoms with E-state index in [2.05, 4.69) is 4.98 Å². The zero-order chi connectivity index (χ0) is 17.6. The molecule has 5 nitrogen and oxygen atoms in total. The Labute approximate surface area is 146 Å². The molecule has 1 heterocycles. The molecule has 6 heteroatoms. The van der Waals surface area contributed by atoms with Crippen LogP contribution in [0.2, 0.25) is 5.02 Å². The summed E-state index contributed by atoms with van der Waals surface area (Å²) in [6.45, 7) is 3.65. The largest absolute Gasteiger partial charge is 0.491 e. The predicted octanol–water partition coefficient (Wildman–Crippen LogP) is 3.22. The minimum atomic E-state index is -1.12. The van der Waals surface area contributed by atoms with Crippen molar-refractivity contribution in [1.82, 2.24) is 4.98 Å². The zero-order valence-corrected chi connectivity index (χ0v) is 14.5. The molecule has 0 fully saturated rings. The Morgan fingerprint density at radius 1 is 1.33 bits per heavy atom. The number of rotatable bonds is 8. The van der Waals surface area contributed by atoms with Crippen LogP contribution >= 0.6 is 11.6 Å². The summed E-state index contributed by atoms with van der Waals surface area (Å²) in [4.78, 5) is 15.5. The van der Waals surface area contributed by atoms with Crippen molar-refractivity contribution in [3.05, 3.63) is 53.3 Å². The maximum atomic E-state index is 12.4. The molecule has 0 aliphatic heterocycles. The number of nitrogens with one attached hydrogen (secondary N) is 1. The van der Waals surface area contributed by atoms with E-state index >= 15 is 0 Å². The van der Waals surface area contributed by atoms with Crippen LogP contribution in [0.4, 0.5) is 0 Å². The number of carbonyl (C=O) groups is 1. The first-order chi connectivity index (χ1) is 11.5. The van der Waals surface area contributed by atoms with Gasteiger partial charge in [-0.3, -0.25) is 4.79 Å². The number of H-pyrrole nitrogens is 1. The van der Waals surface area contributed by atoms with Gasteiger partial charge in [0, 0.05) is 23.3 Å². The van der Waals surface area contributed by atoms with Gasteiger partial charge in [-0.2, -0.15) is 0 Å². The van der Waals surface area contributed by atoms with Crippen molar-refractivity contribution in [2.24, 2.45) is 5.41 Å². The lowest BCUT2D eigenvalue weighted by Crippen LogP contribution is -2.46. The Morgan fingerprint density at radius 3 is 2.62 bits per heavy atom. The average Bonchev–Trinajstić information content (AvgIpc) is 3.06. The van der Waals surface area contributed by atoms with E-state index in [1.165, 1.54) is 0 Å². The molecule has 130 valence electrons. The molecule has 2 rings (SSSR count). The third-order valence-electron chi connectivity index (χ3n) is 3.92. The minimum Gasteiger partial charge on any atom is -0.491 e. The lowest BCUT2D eigenvalue weighted by Gasteiger charge is -2.31. The minimum absolute atomic E-state index is 0.0301. The highest BCUT2D eigenvalue weighted by Crippen LogP contribution is 2.29. The molecule has 0 radical (unpaired) electrons. The number of benzene rings is 1. The smallest absolute Gasteiger partial charge is 0.314 e. The number of hydrogen-bond donors (Lipinski definition) is 2. The number of ether oxygens (including phenoxy) is 2. The van der Waals surface area contributed by atoms with Crippen LogP contribution in [0.5, 0.6) is 5.75 Å². The van der Waals surface area contributed by atoms with Gasteiger partial charge in [0.1, 0.15) is 18.5 Å². The van der Waals surface area contributed by atoms with E-state index in [4.69, 9.17) is 21.1 Å². The molecule has 2 unspecified atom stereocenters. The fourth-order valence-corrected chi connectivity index (χ4v) is 2.51. The number of aromatic nitrogens is 1. The lowest BCUT2D eigenvalue weighted by molar-refractivity contribution is -0.163. The van der Waals surface area contributed by atoms with Crippen LogP contribution in [0.25, 0.3) is 0 Å².